The molecule has 0 radical (unpaired) electrons. The molecule has 0 fully saturated rings. The standard InChI is InChI=1S/C21H18FN3O2/c1-25(14-15-7-3-2-4-8-15)21(27)19-13-16(11-12-23-19)20(26)24-18-10-6-5-9-17(18)22/h2-13H,14H2,1H3,(H,24,26). The molecule has 5 nitrogen and oxygen atoms in total. The third-order valence-corrected chi connectivity index (χ3v) is 3.97. The average molecular weight is 363 g/mol. The van der Waals surface area contributed by atoms with Gasteiger partial charge >= 0.3 is 0 Å². The quantitative estimate of drug-likeness (QED) is 0.751. The second-order valence-electron chi connectivity index (χ2n) is 6.01. The van der Waals surface area contributed by atoms with Crippen molar-refractivity contribution in [1.82, 2.24) is 9.88 Å². The number of nitrogens with one attached hydrogen (secondary N) is 1. The van der Waals surface area contributed by atoms with Crippen LogP contribution in [0.25, 0.3) is 0 Å². The zero-order valence-corrected chi connectivity index (χ0v) is 14.7. The van der Waals surface area contributed by atoms with Gasteiger partial charge in [-0.25, -0.2) is 4.39 Å². The van der Waals surface area contributed by atoms with Crippen molar-refractivity contribution in [2.45, 2.75) is 6.54 Å². The fourth-order valence-corrected chi connectivity index (χ4v) is 2.57. The molecule has 0 saturated carbocycles. The Bertz CT molecular complexity index is 960. The summed E-state index contributed by atoms with van der Waals surface area (Å²) in [6, 6.07) is 18.3. The molecular formula is C21H18FN3O2. The topological polar surface area (TPSA) is 62.3 Å². The molecule has 3 rings (SSSR count). The van der Waals surface area contributed by atoms with Gasteiger partial charge in [-0.2, -0.15) is 0 Å². The van der Waals surface area contributed by atoms with Crippen LogP contribution in [-0.2, 0) is 6.54 Å². The lowest BCUT2D eigenvalue weighted by Gasteiger charge is -2.17. The number of halogens is 1. The van der Waals surface area contributed by atoms with E-state index in [0.29, 0.717) is 6.54 Å². The van der Waals surface area contributed by atoms with Gasteiger partial charge in [-0.15, -0.1) is 0 Å². The number of pyridine rings is 1. The molecule has 1 heterocycles. The molecule has 0 unspecified atom stereocenters. The van der Waals surface area contributed by atoms with E-state index in [9.17, 15) is 14.0 Å². The summed E-state index contributed by atoms with van der Waals surface area (Å²) in [5, 5.41) is 2.50. The lowest BCUT2D eigenvalue weighted by molar-refractivity contribution is 0.0779. The smallest absolute Gasteiger partial charge is 0.272 e. The minimum atomic E-state index is -0.529. The third-order valence-electron chi connectivity index (χ3n) is 3.97. The molecule has 0 saturated heterocycles. The Morgan fingerprint density at radius 3 is 2.48 bits per heavy atom. The first-order chi connectivity index (χ1) is 13.0. The minimum absolute atomic E-state index is 0.0772. The largest absolute Gasteiger partial charge is 0.336 e. The van der Waals surface area contributed by atoms with E-state index in [0.717, 1.165) is 5.56 Å². The second kappa shape index (κ2) is 8.23. The summed E-state index contributed by atoms with van der Waals surface area (Å²) in [6.07, 6.45) is 1.39. The first-order valence-electron chi connectivity index (χ1n) is 8.36. The lowest BCUT2D eigenvalue weighted by atomic mass is 10.1. The van der Waals surface area contributed by atoms with E-state index in [4.69, 9.17) is 0 Å². The number of nitrogens with zero attached hydrogens (tertiary/aromatic N) is 2. The summed E-state index contributed by atoms with van der Waals surface area (Å²) >= 11 is 0. The van der Waals surface area contributed by atoms with Crippen LogP contribution in [-0.4, -0.2) is 28.7 Å². The molecule has 0 bridgehead atoms. The van der Waals surface area contributed by atoms with Crippen molar-refractivity contribution >= 4 is 17.5 Å². The van der Waals surface area contributed by atoms with Crippen molar-refractivity contribution in [2.24, 2.45) is 0 Å². The average Bonchev–Trinajstić information content (AvgIpc) is 2.70. The Kier molecular flexibility index (Phi) is 5.56. The van der Waals surface area contributed by atoms with Crippen molar-refractivity contribution in [3.8, 4) is 0 Å². The van der Waals surface area contributed by atoms with Crippen LogP contribution in [0.15, 0.2) is 72.9 Å². The van der Waals surface area contributed by atoms with Crippen LogP contribution in [0.1, 0.15) is 26.4 Å². The molecule has 0 spiro atoms. The Hall–Kier alpha value is -3.54. The lowest BCUT2D eigenvalue weighted by Crippen LogP contribution is -2.27. The monoisotopic (exact) mass is 363 g/mol. The molecule has 0 aliphatic rings. The van der Waals surface area contributed by atoms with Gasteiger partial charge in [-0.1, -0.05) is 42.5 Å². The van der Waals surface area contributed by atoms with Gasteiger partial charge in [0.25, 0.3) is 11.8 Å². The van der Waals surface area contributed by atoms with E-state index >= 15 is 0 Å². The minimum Gasteiger partial charge on any atom is -0.336 e. The van der Waals surface area contributed by atoms with Gasteiger partial charge in [0.05, 0.1) is 5.69 Å². The number of benzene rings is 2. The zero-order valence-electron chi connectivity index (χ0n) is 14.7. The van der Waals surface area contributed by atoms with Crippen LogP contribution in [0.3, 0.4) is 0 Å². The maximum absolute atomic E-state index is 13.7. The Labute approximate surface area is 156 Å². The summed E-state index contributed by atoms with van der Waals surface area (Å²) in [7, 11) is 1.67. The van der Waals surface area contributed by atoms with Crippen LogP contribution in [0.2, 0.25) is 0 Å². The van der Waals surface area contributed by atoms with Crippen LogP contribution < -0.4 is 5.32 Å². The summed E-state index contributed by atoms with van der Waals surface area (Å²) in [4.78, 5) is 30.6. The molecule has 0 aliphatic carbocycles. The highest BCUT2D eigenvalue weighted by molar-refractivity contribution is 6.05. The molecule has 3 aromatic rings. The van der Waals surface area contributed by atoms with Gasteiger partial charge in [0, 0.05) is 25.4 Å². The van der Waals surface area contributed by atoms with Crippen molar-refractivity contribution in [3.63, 3.8) is 0 Å². The summed E-state index contributed by atoms with van der Waals surface area (Å²) in [5.41, 5.74) is 1.44. The van der Waals surface area contributed by atoms with E-state index in [1.807, 2.05) is 30.3 Å². The maximum Gasteiger partial charge on any atom is 0.272 e. The molecule has 1 N–H and O–H groups in total. The second-order valence-corrected chi connectivity index (χ2v) is 6.01. The Morgan fingerprint density at radius 2 is 1.74 bits per heavy atom. The molecule has 2 aromatic carbocycles. The number of amides is 2. The van der Waals surface area contributed by atoms with Crippen LogP contribution in [0, 0.1) is 5.82 Å². The van der Waals surface area contributed by atoms with Gasteiger partial charge in [0.1, 0.15) is 11.5 Å². The number of rotatable bonds is 5. The Balaban J connectivity index is 1.73. The predicted octanol–water partition coefficient (Wildman–Crippen LogP) is 3.75. The van der Waals surface area contributed by atoms with Crippen molar-refractivity contribution in [2.75, 3.05) is 12.4 Å². The molecule has 27 heavy (non-hydrogen) atoms. The molecular weight excluding hydrogens is 345 g/mol. The number of anilines is 1. The SMILES string of the molecule is CN(Cc1ccccc1)C(=O)c1cc(C(=O)Nc2ccccc2F)ccn1. The number of hydrogen-bond donors (Lipinski definition) is 1. The molecule has 0 atom stereocenters. The van der Waals surface area contributed by atoms with E-state index in [1.54, 1.807) is 13.1 Å². The van der Waals surface area contributed by atoms with Crippen LogP contribution in [0.4, 0.5) is 10.1 Å². The number of hydrogen-bond acceptors (Lipinski definition) is 3. The van der Waals surface area contributed by atoms with E-state index in [-0.39, 0.29) is 22.9 Å². The maximum atomic E-state index is 13.7. The fourth-order valence-electron chi connectivity index (χ4n) is 2.57. The van der Waals surface area contributed by atoms with Gasteiger partial charge in [0.2, 0.25) is 0 Å². The van der Waals surface area contributed by atoms with E-state index < -0.39 is 11.7 Å². The Morgan fingerprint density at radius 1 is 1.04 bits per heavy atom. The van der Waals surface area contributed by atoms with Gasteiger partial charge < -0.3 is 10.2 Å². The van der Waals surface area contributed by atoms with Crippen molar-refractivity contribution < 1.29 is 14.0 Å². The van der Waals surface area contributed by atoms with Gasteiger partial charge in [-0.3, -0.25) is 14.6 Å². The highest BCUT2D eigenvalue weighted by Gasteiger charge is 2.16. The third kappa shape index (κ3) is 4.55. The summed E-state index contributed by atoms with van der Waals surface area (Å²) in [5.74, 6) is -1.35. The number of carbonyl (C=O) groups excluding carboxylic acids is 2. The predicted molar refractivity (Wildman–Crippen MR) is 101 cm³/mol. The number of carbonyl (C=O) groups is 2. The summed E-state index contributed by atoms with van der Waals surface area (Å²) in [6.45, 7) is 0.424. The molecule has 0 aliphatic heterocycles. The van der Waals surface area contributed by atoms with Crippen molar-refractivity contribution in [1.29, 1.82) is 0 Å². The van der Waals surface area contributed by atoms with Gasteiger partial charge in [0.15, 0.2) is 0 Å². The highest BCUT2D eigenvalue weighted by Crippen LogP contribution is 2.15. The summed E-state index contributed by atoms with van der Waals surface area (Å²) < 4.78 is 13.7. The highest BCUT2D eigenvalue weighted by atomic mass is 19.1. The van der Waals surface area contributed by atoms with Crippen LogP contribution >= 0.6 is 0 Å². The van der Waals surface area contributed by atoms with Crippen LogP contribution in [0.5, 0.6) is 0 Å². The zero-order chi connectivity index (χ0) is 19.2. The normalized spacial score (nSPS) is 10.3. The van der Waals surface area contributed by atoms with E-state index in [2.05, 4.69) is 10.3 Å². The first-order valence-corrected chi connectivity index (χ1v) is 8.36. The van der Waals surface area contributed by atoms with Gasteiger partial charge in [-0.05, 0) is 29.8 Å². The number of aromatic nitrogens is 1. The molecule has 1 aromatic heterocycles. The molecule has 2 amide bonds. The molecule has 6 heteroatoms. The number of para-hydroxylation sites is 1. The van der Waals surface area contributed by atoms with E-state index in [1.165, 1.54) is 41.4 Å². The fraction of sp³-hybridized carbons (Fsp3) is 0.0952. The van der Waals surface area contributed by atoms with Crippen molar-refractivity contribution in [3.05, 3.63) is 95.6 Å². The first kappa shape index (κ1) is 18.3. The molecule has 136 valence electrons.